The van der Waals surface area contributed by atoms with Crippen LogP contribution in [0, 0.1) is 0 Å². The number of piperidine rings is 1. The maximum atomic E-state index is 12.8. The number of imide groups is 1. The third-order valence-electron chi connectivity index (χ3n) is 7.49. The topological polar surface area (TPSA) is 119 Å². The first-order chi connectivity index (χ1) is 14.7. The Morgan fingerprint density at radius 2 is 1.81 bits per heavy atom. The van der Waals surface area contributed by atoms with Gasteiger partial charge in [0.05, 0.1) is 6.54 Å². The van der Waals surface area contributed by atoms with Crippen molar-refractivity contribution in [1.82, 2.24) is 20.4 Å². The van der Waals surface area contributed by atoms with E-state index in [0.29, 0.717) is 19.3 Å². The van der Waals surface area contributed by atoms with Gasteiger partial charge in [-0.3, -0.25) is 19.3 Å². The molecule has 0 aromatic carbocycles. The minimum Gasteiger partial charge on any atom is -0.378 e. The van der Waals surface area contributed by atoms with Crippen LogP contribution in [0.15, 0.2) is 0 Å². The van der Waals surface area contributed by atoms with Gasteiger partial charge in [-0.15, -0.1) is 0 Å². The monoisotopic (exact) mass is 434 g/mol. The zero-order valence-electron chi connectivity index (χ0n) is 18.3. The Morgan fingerprint density at radius 3 is 2.45 bits per heavy atom. The van der Waals surface area contributed by atoms with E-state index < -0.39 is 23.1 Å². The third kappa shape index (κ3) is 4.29. The molecule has 0 aromatic rings. The quantitative estimate of drug-likeness (QED) is 0.559. The molecule has 1 atom stereocenters. The fourth-order valence-electron chi connectivity index (χ4n) is 5.60. The second-order valence-corrected chi connectivity index (χ2v) is 9.91. The number of amides is 5. The molecule has 2 aliphatic carbocycles. The molecule has 4 fully saturated rings. The molecule has 4 aliphatic rings. The van der Waals surface area contributed by atoms with Crippen LogP contribution in [0.1, 0.15) is 77.6 Å². The molecular weight excluding hydrogens is 400 g/mol. The van der Waals surface area contributed by atoms with Gasteiger partial charge in [0.1, 0.15) is 5.54 Å². The van der Waals surface area contributed by atoms with Crippen LogP contribution in [0.4, 0.5) is 4.79 Å². The molecule has 3 N–H and O–H groups in total. The summed E-state index contributed by atoms with van der Waals surface area (Å²) in [6.45, 7) is 1.81. The zero-order chi connectivity index (χ0) is 22.2. The number of β-amino-alcohol motifs (C(OH)–C–C–N with tert-alkyl or cyclic N) is 1. The van der Waals surface area contributed by atoms with Crippen LogP contribution in [0.2, 0.25) is 0 Å². The van der Waals surface area contributed by atoms with Crippen molar-refractivity contribution in [2.24, 2.45) is 0 Å². The maximum Gasteiger partial charge on any atom is 0.325 e. The lowest BCUT2D eigenvalue weighted by Gasteiger charge is -2.39. The molecular formula is C22H34N4O5. The lowest BCUT2D eigenvalue weighted by Crippen LogP contribution is -2.56. The number of aliphatic hydroxyl groups is 1. The van der Waals surface area contributed by atoms with Crippen LogP contribution in [0.25, 0.3) is 0 Å². The maximum absolute atomic E-state index is 12.8. The molecule has 9 nitrogen and oxygen atoms in total. The van der Waals surface area contributed by atoms with Gasteiger partial charge in [-0.1, -0.05) is 12.8 Å². The summed E-state index contributed by atoms with van der Waals surface area (Å²) in [6, 6.07) is -0.388. The number of hydrogen-bond acceptors (Lipinski definition) is 5. The van der Waals surface area contributed by atoms with Crippen molar-refractivity contribution < 1.29 is 24.3 Å². The molecule has 0 radical (unpaired) electrons. The van der Waals surface area contributed by atoms with Crippen molar-refractivity contribution in [1.29, 1.82) is 0 Å². The highest BCUT2D eigenvalue weighted by molar-refractivity contribution is 6.07. The van der Waals surface area contributed by atoms with E-state index in [2.05, 4.69) is 10.6 Å². The number of nitrogens with one attached hydrogen (secondary N) is 2. The van der Waals surface area contributed by atoms with E-state index in [1.54, 1.807) is 0 Å². The summed E-state index contributed by atoms with van der Waals surface area (Å²) in [5.41, 5.74) is -2.72. The van der Waals surface area contributed by atoms with E-state index in [0.717, 1.165) is 62.8 Å². The van der Waals surface area contributed by atoms with Gasteiger partial charge >= 0.3 is 6.03 Å². The first kappa shape index (κ1) is 22.0. The number of hydrogen-bond donors (Lipinski definition) is 3. The summed E-state index contributed by atoms with van der Waals surface area (Å²) in [6.07, 6.45) is 8.74. The SMILES string of the molecule is CC(O)(CN1C(=O)NC2(CCCC2)C1=O)C(=O)NC1CCC(N2CCCCC2=O)CC1. The summed E-state index contributed by atoms with van der Waals surface area (Å²) in [5.74, 6) is -0.678. The molecule has 2 saturated carbocycles. The van der Waals surface area contributed by atoms with Crippen LogP contribution >= 0.6 is 0 Å². The van der Waals surface area contributed by atoms with E-state index in [4.69, 9.17) is 0 Å². The molecule has 4 rings (SSSR count). The van der Waals surface area contributed by atoms with E-state index >= 15 is 0 Å². The zero-order valence-corrected chi connectivity index (χ0v) is 18.3. The van der Waals surface area contributed by atoms with Gasteiger partial charge in [0, 0.05) is 25.0 Å². The van der Waals surface area contributed by atoms with Crippen molar-refractivity contribution in [3.05, 3.63) is 0 Å². The van der Waals surface area contributed by atoms with Gasteiger partial charge in [0.25, 0.3) is 11.8 Å². The van der Waals surface area contributed by atoms with Gasteiger partial charge in [-0.2, -0.15) is 0 Å². The van der Waals surface area contributed by atoms with Crippen molar-refractivity contribution in [2.75, 3.05) is 13.1 Å². The number of rotatable bonds is 5. The highest BCUT2D eigenvalue weighted by atomic mass is 16.3. The lowest BCUT2D eigenvalue weighted by atomic mass is 9.88. The molecule has 0 aromatic heterocycles. The van der Waals surface area contributed by atoms with Crippen LogP contribution in [0.3, 0.4) is 0 Å². The third-order valence-corrected chi connectivity index (χ3v) is 7.49. The predicted molar refractivity (Wildman–Crippen MR) is 112 cm³/mol. The molecule has 1 unspecified atom stereocenters. The number of carbonyl (C=O) groups is 4. The molecule has 31 heavy (non-hydrogen) atoms. The summed E-state index contributed by atoms with van der Waals surface area (Å²) < 4.78 is 0. The van der Waals surface area contributed by atoms with Gasteiger partial charge in [-0.25, -0.2) is 4.79 Å². The molecule has 2 heterocycles. The van der Waals surface area contributed by atoms with E-state index in [1.807, 2.05) is 4.90 Å². The smallest absolute Gasteiger partial charge is 0.325 e. The Morgan fingerprint density at radius 1 is 1.13 bits per heavy atom. The minimum atomic E-state index is -1.86. The fourth-order valence-corrected chi connectivity index (χ4v) is 5.60. The summed E-state index contributed by atoms with van der Waals surface area (Å²) in [4.78, 5) is 53.1. The fraction of sp³-hybridized carbons (Fsp3) is 0.818. The number of nitrogens with zero attached hydrogens (tertiary/aromatic N) is 2. The summed E-state index contributed by atoms with van der Waals surface area (Å²) >= 11 is 0. The van der Waals surface area contributed by atoms with Crippen molar-refractivity contribution >= 4 is 23.8 Å². The van der Waals surface area contributed by atoms with Crippen LogP contribution in [-0.4, -0.2) is 75.0 Å². The summed E-state index contributed by atoms with van der Waals surface area (Å²) in [5, 5.41) is 16.5. The van der Waals surface area contributed by atoms with Crippen LogP contribution in [-0.2, 0) is 14.4 Å². The van der Waals surface area contributed by atoms with Crippen LogP contribution < -0.4 is 10.6 Å². The Kier molecular flexibility index (Phi) is 5.98. The molecule has 2 saturated heterocycles. The predicted octanol–water partition coefficient (Wildman–Crippen LogP) is 1.04. The molecule has 172 valence electrons. The largest absolute Gasteiger partial charge is 0.378 e. The molecule has 1 spiro atoms. The van der Waals surface area contributed by atoms with Gasteiger partial charge < -0.3 is 20.6 Å². The average Bonchev–Trinajstić information content (AvgIpc) is 3.30. The molecule has 0 bridgehead atoms. The lowest BCUT2D eigenvalue weighted by molar-refractivity contribution is -0.144. The van der Waals surface area contributed by atoms with Gasteiger partial charge in [0.2, 0.25) is 5.91 Å². The number of urea groups is 1. The Balaban J connectivity index is 1.30. The highest BCUT2D eigenvalue weighted by Crippen LogP contribution is 2.35. The Hall–Kier alpha value is -2.16. The highest BCUT2D eigenvalue weighted by Gasteiger charge is 2.54. The normalized spacial score (nSPS) is 30.5. The van der Waals surface area contributed by atoms with Crippen molar-refractivity contribution in [3.63, 3.8) is 0 Å². The van der Waals surface area contributed by atoms with E-state index in [-0.39, 0.29) is 30.4 Å². The van der Waals surface area contributed by atoms with Crippen LogP contribution in [0.5, 0.6) is 0 Å². The van der Waals surface area contributed by atoms with Crippen molar-refractivity contribution in [3.8, 4) is 0 Å². The van der Waals surface area contributed by atoms with Crippen molar-refractivity contribution in [2.45, 2.75) is 101 Å². The molecule has 9 heteroatoms. The van der Waals surface area contributed by atoms with E-state index in [1.165, 1.54) is 6.92 Å². The average molecular weight is 435 g/mol. The Labute approximate surface area is 182 Å². The van der Waals surface area contributed by atoms with Gasteiger partial charge in [0.15, 0.2) is 5.60 Å². The first-order valence-corrected chi connectivity index (χ1v) is 11.7. The second kappa shape index (κ2) is 8.41. The van der Waals surface area contributed by atoms with E-state index in [9.17, 15) is 24.3 Å². The van der Waals surface area contributed by atoms with Gasteiger partial charge in [-0.05, 0) is 58.3 Å². The summed E-state index contributed by atoms with van der Waals surface area (Å²) in [7, 11) is 0. The standard InChI is InChI=1S/C22H34N4O5/c1-21(31,14-26-19(29)22(24-20(26)30)11-3-4-12-22)18(28)23-15-7-9-16(10-8-15)25-13-5-2-6-17(25)27/h15-16,31H,2-14H2,1H3,(H,23,28)(H,24,30). The number of carbonyl (C=O) groups excluding carboxylic acids is 4. The first-order valence-electron chi connectivity index (χ1n) is 11.7. The second-order valence-electron chi connectivity index (χ2n) is 9.91. The minimum absolute atomic E-state index is 0.0839. The molecule has 2 aliphatic heterocycles. The Bertz CT molecular complexity index is 753. The molecule has 5 amide bonds. The number of likely N-dealkylation sites (tertiary alicyclic amines) is 1.